The Morgan fingerprint density at radius 2 is 1.56 bits per heavy atom. The summed E-state index contributed by atoms with van der Waals surface area (Å²) in [6.07, 6.45) is 5.27. The zero-order valence-corrected chi connectivity index (χ0v) is 30.4. The number of carbonyl (C=O) groups is 2. The van der Waals surface area contributed by atoms with Crippen LogP contribution in [0.1, 0.15) is 54.4 Å². The summed E-state index contributed by atoms with van der Waals surface area (Å²) in [5, 5.41) is 3.58. The van der Waals surface area contributed by atoms with Crippen molar-refractivity contribution in [2.45, 2.75) is 75.9 Å². The van der Waals surface area contributed by atoms with E-state index >= 15 is 0 Å². The zero-order valence-electron chi connectivity index (χ0n) is 27.2. The molecule has 1 saturated carbocycles. The minimum atomic E-state index is -4.23. The maximum absolute atomic E-state index is 14.8. The van der Waals surface area contributed by atoms with Crippen molar-refractivity contribution in [1.29, 1.82) is 0 Å². The largest absolute Gasteiger partial charge is 0.352 e. The molecule has 2 amide bonds. The van der Waals surface area contributed by atoms with Gasteiger partial charge in [-0.2, -0.15) is 0 Å². The van der Waals surface area contributed by atoms with Gasteiger partial charge in [0.15, 0.2) is 0 Å². The fourth-order valence-corrected chi connectivity index (χ4v) is 8.22. The van der Waals surface area contributed by atoms with Crippen molar-refractivity contribution in [2.75, 3.05) is 10.8 Å². The lowest BCUT2D eigenvalue weighted by atomic mass is 9.94. The van der Waals surface area contributed by atoms with E-state index < -0.39 is 28.5 Å². The number of benzene rings is 4. The molecule has 0 unspecified atom stereocenters. The van der Waals surface area contributed by atoms with E-state index in [1.165, 1.54) is 17.0 Å². The molecule has 1 fully saturated rings. The molecule has 7 nitrogen and oxygen atoms in total. The number of hydrogen-bond donors (Lipinski definition) is 1. The van der Waals surface area contributed by atoms with E-state index in [1.807, 2.05) is 61.5 Å². The van der Waals surface area contributed by atoms with E-state index in [-0.39, 0.29) is 29.8 Å². The van der Waals surface area contributed by atoms with E-state index in [4.69, 9.17) is 11.6 Å². The first-order valence-corrected chi connectivity index (χ1v) is 18.9. The topological polar surface area (TPSA) is 86.8 Å². The molecular formula is C38H41BrClN3O4S. The first-order chi connectivity index (χ1) is 23.0. The number of rotatable bonds is 12. The molecule has 1 N–H and O–H groups in total. The Labute approximate surface area is 297 Å². The normalized spacial score (nSPS) is 14.2. The minimum absolute atomic E-state index is 0.0277. The number of carbonyl (C=O) groups excluding carboxylic acids is 2. The quantitative estimate of drug-likeness (QED) is 0.159. The molecule has 4 aromatic carbocycles. The average molecular weight is 751 g/mol. The second kappa shape index (κ2) is 16.2. The van der Waals surface area contributed by atoms with Crippen LogP contribution in [0.3, 0.4) is 0 Å². The van der Waals surface area contributed by atoms with Crippen LogP contribution in [0.2, 0.25) is 5.02 Å². The molecule has 0 radical (unpaired) electrons. The van der Waals surface area contributed by atoms with Crippen molar-refractivity contribution in [2.24, 2.45) is 0 Å². The number of hydrogen-bond acceptors (Lipinski definition) is 4. The Hall–Kier alpha value is -3.66. The number of anilines is 1. The van der Waals surface area contributed by atoms with Gasteiger partial charge in [-0.3, -0.25) is 13.9 Å². The Morgan fingerprint density at radius 3 is 2.25 bits per heavy atom. The van der Waals surface area contributed by atoms with Gasteiger partial charge < -0.3 is 10.2 Å². The zero-order chi connectivity index (χ0) is 34.3. The van der Waals surface area contributed by atoms with Gasteiger partial charge in [-0.05, 0) is 79.8 Å². The Balaban J connectivity index is 1.59. The molecule has 0 heterocycles. The van der Waals surface area contributed by atoms with Gasteiger partial charge in [0.25, 0.3) is 10.0 Å². The third kappa shape index (κ3) is 9.07. The summed E-state index contributed by atoms with van der Waals surface area (Å²) in [6, 6.07) is 27.8. The highest BCUT2D eigenvalue weighted by molar-refractivity contribution is 9.10. The van der Waals surface area contributed by atoms with Gasteiger partial charge >= 0.3 is 0 Å². The van der Waals surface area contributed by atoms with Gasteiger partial charge in [0.2, 0.25) is 11.8 Å². The third-order valence-corrected chi connectivity index (χ3v) is 11.3. The van der Waals surface area contributed by atoms with Crippen LogP contribution in [0.5, 0.6) is 0 Å². The molecule has 1 aliphatic carbocycles. The Bertz CT molecular complexity index is 1830. The number of nitrogens with one attached hydrogen (secondary N) is 1. The second-order valence-corrected chi connectivity index (χ2v) is 15.7. The number of aryl methyl sites for hydroxylation is 2. The highest BCUT2D eigenvalue weighted by atomic mass is 79.9. The van der Waals surface area contributed by atoms with Crippen LogP contribution >= 0.6 is 27.5 Å². The van der Waals surface area contributed by atoms with Crippen LogP contribution in [0.25, 0.3) is 0 Å². The summed E-state index contributed by atoms with van der Waals surface area (Å²) in [4.78, 5) is 30.6. The molecule has 0 aromatic heterocycles. The van der Waals surface area contributed by atoms with Gasteiger partial charge in [-0.1, -0.05) is 113 Å². The smallest absolute Gasteiger partial charge is 0.264 e. The van der Waals surface area contributed by atoms with Crippen molar-refractivity contribution >= 4 is 55.1 Å². The first kappa shape index (κ1) is 35.6. The van der Waals surface area contributed by atoms with E-state index in [9.17, 15) is 18.0 Å². The summed E-state index contributed by atoms with van der Waals surface area (Å²) >= 11 is 9.93. The van der Waals surface area contributed by atoms with Gasteiger partial charge in [-0.15, -0.1) is 0 Å². The van der Waals surface area contributed by atoms with Crippen LogP contribution in [-0.2, 0) is 32.6 Å². The highest BCUT2D eigenvalue weighted by Crippen LogP contribution is 2.30. The van der Waals surface area contributed by atoms with Gasteiger partial charge in [0, 0.05) is 28.5 Å². The molecule has 1 atom stereocenters. The summed E-state index contributed by atoms with van der Waals surface area (Å²) in [5.74, 6) is -0.759. The Morgan fingerprint density at radius 1 is 0.875 bits per heavy atom. The molecule has 0 spiro atoms. The number of amides is 2. The van der Waals surface area contributed by atoms with Crippen molar-refractivity contribution in [3.63, 3.8) is 0 Å². The summed E-state index contributed by atoms with van der Waals surface area (Å²) < 4.78 is 30.7. The predicted octanol–water partition coefficient (Wildman–Crippen LogP) is 8.00. The molecule has 48 heavy (non-hydrogen) atoms. The minimum Gasteiger partial charge on any atom is -0.352 e. The molecule has 0 aliphatic heterocycles. The standard InChI is InChI=1S/C38H41BrClN3O4S/c1-27-16-20-34(21-17-27)48(46,47)43(35-24-32(40)19-18-28(35)2)26-37(44)42(25-30-12-9-13-31(39)22-30)36(23-29-10-5-3-6-11-29)38(45)41-33-14-7-4-8-15-33/h3,5-6,9-13,16-22,24,33,36H,4,7-8,14-15,23,25-26H2,1-2H3,(H,41,45)/t36-/m0/s1. The fourth-order valence-electron chi connectivity index (χ4n) is 6.13. The predicted molar refractivity (Wildman–Crippen MR) is 196 cm³/mol. The summed E-state index contributed by atoms with van der Waals surface area (Å²) in [5.41, 5.74) is 3.53. The SMILES string of the molecule is Cc1ccc(S(=O)(=O)N(CC(=O)N(Cc2cccc(Br)c2)[C@@H](Cc2ccccc2)C(=O)NC2CCCCC2)c2cc(Cl)ccc2C)cc1. The first-order valence-electron chi connectivity index (χ1n) is 16.2. The van der Waals surface area contributed by atoms with Crippen LogP contribution in [0, 0.1) is 13.8 Å². The van der Waals surface area contributed by atoms with E-state index in [2.05, 4.69) is 21.2 Å². The Kier molecular flexibility index (Phi) is 12.0. The molecule has 0 bridgehead atoms. The average Bonchev–Trinajstić information content (AvgIpc) is 3.07. The molecule has 4 aromatic rings. The van der Waals surface area contributed by atoms with Gasteiger partial charge in [0.05, 0.1) is 10.6 Å². The van der Waals surface area contributed by atoms with Crippen molar-refractivity contribution in [3.8, 4) is 0 Å². The number of halogens is 2. The lowest BCUT2D eigenvalue weighted by Crippen LogP contribution is -2.55. The molecule has 0 saturated heterocycles. The van der Waals surface area contributed by atoms with Crippen molar-refractivity contribution in [1.82, 2.24) is 10.2 Å². The summed E-state index contributed by atoms with van der Waals surface area (Å²) in [7, 11) is -4.23. The van der Waals surface area contributed by atoms with E-state index in [0.717, 1.165) is 57.6 Å². The second-order valence-electron chi connectivity index (χ2n) is 12.5. The maximum atomic E-state index is 14.8. The fraction of sp³-hybridized carbons (Fsp3) is 0.316. The molecule has 5 rings (SSSR count). The molecule has 1 aliphatic rings. The molecule has 252 valence electrons. The van der Waals surface area contributed by atoms with Crippen molar-refractivity contribution in [3.05, 3.63) is 129 Å². The highest BCUT2D eigenvalue weighted by Gasteiger charge is 2.36. The summed E-state index contributed by atoms with van der Waals surface area (Å²) in [6.45, 7) is 3.22. The van der Waals surface area contributed by atoms with Crippen LogP contribution in [0.15, 0.2) is 106 Å². The van der Waals surface area contributed by atoms with Crippen LogP contribution in [0.4, 0.5) is 5.69 Å². The lowest BCUT2D eigenvalue weighted by molar-refractivity contribution is -0.140. The van der Waals surface area contributed by atoms with E-state index in [0.29, 0.717) is 16.3 Å². The lowest BCUT2D eigenvalue weighted by Gasteiger charge is -2.35. The van der Waals surface area contributed by atoms with Crippen LogP contribution < -0.4 is 9.62 Å². The molecule has 10 heteroatoms. The van der Waals surface area contributed by atoms with E-state index in [1.54, 1.807) is 37.3 Å². The van der Waals surface area contributed by atoms with Crippen molar-refractivity contribution < 1.29 is 18.0 Å². The number of sulfonamides is 1. The van der Waals surface area contributed by atoms with Gasteiger partial charge in [-0.25, -0.2) is 8.42 Å². The maximum Gasteiger partial charge on any atom is 0.264 e. The molecular weight excluding hydrogens is 710 g/mol. The van der Waals surface area contributed by atoms with Crippen LogP contribution in [-0.4, -0.2) is 43.8 Å². The number of nitrogens with zero attached hydrogens (tertiary/aromatic N) is 2. The third-order valence-electron chi connectivity index (χ3n) is 8.79. The monoisotopic (exact) mass is 749 g/mol. The van der Waals surface area contributed by atoms with Gasteiger partial charge in [0.1, 0.15) is 12.6 Å².